The molecule has 3 amide bonds. The number of aromatic nitrogens is 1. The first-order valence-corrected chi connectivity index (χ1v) is 11.1. The molecule has 32 heavy (non-hydrogen) atoms. The van der Waals surface area contributed by atoms with E-state index in [0.29, 0.717) is 19.4 Å². The fourth-order valence-corrected chi connectivity index (χ4v) is 4.92. The number of hydrogen-bond donors (Lipinski definition) is 2. The van der Waals surface area contributed by atoms with Crippen LogP contribution in [0.3, 0.4) is 0 Å². The minimum absolute atomic E-state index is 0.0173. The van der Waals surface area contributed by atoms with Crippen LogP contribution in [0.4, 0.5) is 9.18 Å². The SMILES string of the molecule is COc1cc(C2=CN(C(=O)N3CC[C@H](C(=O)NC4CCNC4)CC34CC4)CO2)c(F)cn1. The third-order valence-corrected chi connectivity index (χ3v) is 6.92. The number of ether oxygens (including phenoxy) is 2. The fraction of sp³-hybridized carbons (Fsp3) is 0.591. The number of pyridine rings is 1. The van der Waals surface area contributed by atoms with Crippen molar-refractivity contribution in [2.75, 3.05) is 33.5 Å². The number of hydrogen-bond acceptors (Lipinski definition) is 6. The van der Waals surface area contributed by atoms with Crippen LogP contribution in [0.15, 0.2) is 18.5 Å². The van der Waals surface area contributed by atoms with E-state index in [2.05, 4.69) is 15.6 Å². The van der Waals surface area contributed by atoms with Gasteiger partial charge >= 0.3 is 6.03 Å². The molecule has 10 heteroatoms. The van der Waals surface area contributed by atoms with Crippen molar-refractivity contribution in [1.82, 2.24) is 25.4 Å². The predicted octanol–water partition coefficient (Wildman–Crippen LogP) is 1.66. The summed E-state index contributed by atoms with van der Waals surface area (Å²) in [5.74, 6) is 0.0174. The first kappa shape index (κ1) is 21.0. The van der Waals surface area contributed by atoms with Crippen LogP contribution in [-0.2, 0) is 9.53 Å². The van der Waals surface area contributed by atoms with Gasteiger partial charge in [0.05, 0.1) is 25.1 Å². The molecule has 9 nitrogen and oxygen atoms in total. The molecule has 1 unspecified atom stereocenters. The van der Waals surface area contributed by atoms with E-state index in [1.165, 1.54) is 24.3 Å². The highest BCUT2D eigenvalue weighted by Crippen LogP contribution is 2.50. The minimum atomic E-state index is -0.547. The second-order valence-corrected chi connectivity index (χ2v) is 8.99. The van der Waals surface area contributed by atoms with E-state index in [9.17, 15) is 14.0 Å². The number of amides is 3. The molecule has 1 spiro atoms. The molecule has 4 heterocycles. The molecule has 1 aliphatic carbocycles. The number of rotatable bonds is 4. The van der Waals surface area contributed by atoms with Crippen molar-refractivity contribution in [3.05, 3.63) is 29.8 Å². The summed E-state index contributed by atoms with van der Waals surface area (Å²) in [4.78, 5) is 33.2. The number of urea groups is 1. The summed E-state index contributed by atoms with van der Waals surface area (Å²) in [5, 5.41) is 6.42. The monoisotopic (exact) mass is 445 g/mol. The quantitative estimate of drug-likeness (QED) is 0.732. The molecule has 1 aromatic heterocycles. The number of nitrogens with zero attached hydrogens (tertiary/aromatic N) is 3. The Morgan fingerprint density at radius 3 is 2.94 bits per heavy atom. The van der Waals surface area contributed by atoms with Crippen LogP contribution in [0.25, 0.3) is 5.76 Å². The molecule has 0 radical (unpaired) electrons. The highest BCUT2D eigenvalue weighted by atomic mass is 19.1. The molecule has 2 N–H and O–H groups in total. The van der Waals surface area contributed by atoms with Crippen LogP contribution in [0, 0.1) is 11.7 Å². The number of methoxy groups -OCH3 is 1. The standard InChI is InChI=1S/C22H28FN5O4/c1-31-19-8-16(17(23)11-25-19)18-12-27(13-32-18)21(30)28-7-3-14(9-22(28)4-5-22)20(29)26-15-2-6-24-10-15/h8,11-12,14-15,24H,2-7,9-10,13H2,1H3,(H,26,29)/t14-,15?/m0/s1. The Bertz CT molecular complexity index is 944. The molecular weight excluding hydrogens is 417 g/mol. The Hall–Kier alpha value is -2.88. The zero-order chi connectivity index (χ0) is 22.3. The lowest BCUT2D eigenvalue weighted by molar-refractivity contribution is -0.127. The molecule has 1 aromatic rings. The van der Waals surface area contributed by atoms with Crippen molar-refractivity contribution < 1.29 is 23.5 Å². The second kappa shape index (κ2) is 8.23. The third-order valence-electron chi connectivity index (χ3n) is 6.92. The van der Waals surface area contributed by atoms with Gasteiger partial charge in [0.15, 0.2) is 12.5 Å². The Morgan fingerprint density at radius 2 is 2.22 bits per heavy atom. The number of nitrogens with one attached hydrogen (secondary N) is 2. The molecule has 5 rings (SSSR count). The molecule has 2 saturated heterocycles. The summed E-state index contributed by atoms with van der Waals surface area (Å²) in [6.45, 7) is 2.30. The maximum Gasteiger partial charge on any atom is 0.327 e. The van der Waals surface area contributed by atoms with Gasteiger partial charge < -0.3 is 25.0 Å². The van der Waals surface area contributed by atoms with E-state index in [4.69, 9.17) is 9.47 Å². The summed E-state index contributed by atoms with van der Waals surface area (Å²) in [5.41, 5.74) is -0.0578. The van der Waals surface area contributed by atoms with Gasteiger partial charge in [-0.1, -0.05) is 0 Å². The highest BCUT2D eigenvalue weighted by Gasteiger charge is 2.55. The topological polar surface area (TPSA) is 96.0 Å². The number of piperidine rings is 1. The summed E-state index contributed by atoms with van der Waals surface area (Å²) in [6.07, 6.45) is 6.68. The van der Waals surface area contributed by atoms with Crippen LogP contribution < -0.4 is 15.4 Å². The zero-order valence-electron chi connectivity index (χ0n) is 18.1. The average molecular weight is 445 g/mol. The van der Waals surface area contributed by atoms with Gasteiger partial charge in [-0.25, -0.2) is 14.2 Å². The van der Waals surface area contributed by atoms with Crippen molar-refractivity contribution in [2.24, 2.45) is 5.92 Å². The second-order valence-electron chi connectivity index (χ2n) is 8.99. The molecule has 2 atom stereocenters. The van der Waals surface area contributed by atoms with E-state index >= 15 is 0 Å². The van der Waals surface area contributed by atoms with E-state index < -0.39 is 5.82 Å². The van der Waals surface area contributed by atoms with Crippen molar-refractivity contribution in [3.63, 3.8) is 0 Å². The van der Waals surface area contributed by atoms with Gasteiger partial charge in [-0.05, 0) is 38.6 Å². The van der Waals surface area contributed by atoms with Crippen molar-refractivity contribution in [3.8, 4) is 5.88 Å². The lowest BCUT2D eigenvalue weighted by Gasteiger charge is -2.41. The number of likely N-dealkylation sites (tertiary alicyclic amines) is 1. The largest absolute Gasteiger partial charge is 0.481 e. The normalized spacial score (nSPS) is 26.0. The van der Waals surface area contributed by atoms with Gasteiger partial charge in [-0.15, -0.1) is 0 Å². The van der Waals surface area contributed by atoms with Gasteiger partial charge in [0.25, 0.3) is 0 Å². The van der Waals surface area contributed by atoms with Crippen LogP contribution in [0.2, 0.25) is 0 Å². The number of carbonyl (C=O) groups is 2. The van der Waals surface area contributed by atoms with Crippen molar-refractivity contribution in [2.45, 2.75) is 43.7 Å². The molecule has 0 bridgehead atoms. The molecule has 1 saturated carbocycles. The van der Waals surface area contributed by atoms with E-state index in [1.807, 2.05) is 4.90 Å². The molecule has 3 aliphatic heterocycles. The number of carbonyl (C=O) groups excluding carboxylic acids is 2. The van der Waals surface area contributed by atoms with Crippen LogP contribution in [0.5, 0.6) is 5.88 Å². The summed E-state index contributed by atoms with van der Waals surface area (Å²) < 4.78 is 24.9. The highest BCUT2D eigenvalue weighted by molar-refractivity contribution is 5.82. The maximum absolute atomic E-state index is 14.2. The van der Waals surface area contributed by atoms with E-state index in [1.54, 1.807) is 0 Å². The molecule has 3 fully saturated rings. The molecule has 0 aromatic carbocycles. The first-order valence-electron chi connectivity index (χ1n) is 11.1. The van der Waals surface area contributed by atoms with E-state index in [-0.39, 0.29) is 53.4 Å². The lowest BCUT2D eigenvalue weighted by Crippen LogP contribution is -2.54. The average Bonchev–Trinajstić information content (AvgIpc) is 3.20. The first-order chi connectivity index (χ1) is 15.5. The summed E-state index contributed by atoms with van der Waals surface area (Å²) in [6, 6.07) is 1.48. The predicted molar refractivity (Wildman–Crippen MR) is 113 cm³/mol. The van der Waals surface area contributed by atoms with Gasteiger partial charge in [0.2, 0.25) is 11.8 Å². The molecular formula is C22H28FN5O4. The molecule has 4 aliphatic rings. The van der Waals surface area contributed by atoms with Crippen LogP contribution >= 0.6 is 0 Å². The minimum Gasteiger partial charge on any atom is -0.481 e. The van der Waals surface area contributed by atoms with Crippen LogP contribution in [-0.4, -0.2) is 71.8 Å². The maximum atomic E-state index is 14.2. The van der Waals surface area contributed by atoms with Crippen molar-refractivity contribution in [1.29, 1.82) is 0 Å². The summed E-state index contributed by atoms with van der Waals surface area (Å²) in [7, 11) is 1.45. The van der Waals surface area contributed by atoms with Gasteiger partial charge in [0.1, 0.15) is 5.76 Å². The summed E-state index contributed by atoms with van der Waals surface area (Å²) >= 11 is 0. The van der Waals surface area contributed by atoms with Crippen molar-refractivity contribution >= 4 is 17.7 Å². The lowest BCUT2D eigenvalue weighted by atomic mass is 9.88. The van der Waals surface area contributed by atoms with Crippen LogP contribution in [0.1, 0.15) is 37.7 Å². The smallest absolute Gasteiger partial charge is 0.327 e. The third kappa shape index (κ3) is 3.87. The van der Waals surface area contributed by atoms with Gasteiger partial charge in [0, 0.05) is 36.7 Å². The van der Waals surface area contributed by atoms with E-state index in [0.717, 1.165) is 38.5 Å². The Labute approximate surface area is 185 Å². The van der Waals surface area contributed by atoms with Gasteiger partial charge in [-0.3, -0.25) is 9.69 Å². The number of halogens is 1. The fourth-order valence-electron chi connectivity index (χ4n) is 4.92. The Balaban J connectivity index is 1.25. The Kier molecular flexibility index (Phi) is 5.40. The molecule has 172 valence electrons. The van der Waals surface area contributed by atoms with Gasteiger partial charge in [-0.2, -0.15) is 0 Å². The Morgan fingerprint density at radius 1 is 1.38 bits per heavy atom. The zero-order valence-corrected chi connectivity index (χ0v) is 18.1.